The first kappa shape index (κ1) is 17.1. The molecule has 3 rings (SSSR count). The van der Waals surface area contributed by atoms with E-state index < -0.39 is 0 Å². The molecule has 1 N–H and O–H groups in total. The summed E-state index contributed by atoms with van der Waals surface area (Å²) in [6, 6.07) is 5.11. The zero-order valence-corrected chi connectivity index (χ0v) is 14.4. The minimum atomic E-state index is -0.204. The number of anilines is 1. The standard InChI is InChI=1S/C17H21N5O3/c1-12-9-14(21-17(20-12)22-5-7-25-8-6-22)11-19-16(23)13-3-4-18-15(10-13)24-2/h3-4,9-10H,5-8,11H2,1-2H3,(H,19,23). The summed E-state index contributed by atoms with van der Waals surface area (Å²) in [7, 11) is 1.51. The van der Waals surface area contributed by atoms with Crippen molar-refractivity contribution in [2.24, 2.45) is 0 Å². The van der Waals surface area contributed by atoms with Crippen LogP contribution in [-0.4, -0.2) is 54.3 Å². The molecule has 8 nitrogen and oxygen atoms in total. The summed E-state index contributed by atoms with van der Waals surface area (Å²) in [5.41, 5.74) is 2.13. The number of aryl methyl sites for hydroxylation is 1. The van der Waals surface area contributed by atoms with Crippen LogP contribution in [0, 0.1) is 6.92 Å². The summed E-state index contributed by atoms with van der Waals surface area (Å²) < 4.78 is 10.4. The molecule has 1 aliphatic heterocycles. The number of methoxy groups -OCH3 is 1. The minimum absolute atomic E-state index is 0.204. The molecule has 1 saturated heterocycles. The third-order valence-corrected chi connectivity index (χ3v) is 3.83. The van der Waals surface area contributed by atoms with Crippen molar-refractivity contribution < 1.29 is 14.3 Å². The molecule has 25 heavy (non-hydrogen) atoms. The number of aromatic nitrogens is 3. The van der Waals surface area contributed by atoms with E-state index in [-0.39, 0.29) is 5.91 Å². The Morgan fingerprint density at radius 1 is 1.32 bits per heavy atom. The maximum Gasteiger partial charge on any atom is 0.251 e. The molecule has 0 bridgehead atoms. The van der Waals surface area contributed by atoms with Gasteiger partial charge >= 0.3 is 0 Å². The Labute approximate surface area is 146 Å². The van der Waals surface area contributed by atoms with Crippen LogP contribution in [0.15, 0.2) is 24.4 Å². The number of nitrogens with zero attached hydrogens (tertiary/aromatic N) is 4. The fourth-order valence-corrected chi connectivity index (χ4v) is 2.55. The van der Waals surface area contributed by atoms with Crippen molar-refractivity contribution in [2.75, 3.05) is 38.3 Å². The van der Waals surface area contributed by atoms with E-state index >= 15 is 0 Å². The third-order valence-electron chi connectivity index (χ3n) is 3.83. The zero-order chi connectivity index (χ0) is 17.6. The molecular formula is C17H21N5O3. The van der Waals surface area contributed by atoms with Crippen molar-refractivity contribution in [2.45, 2.75) is 13.5 Å². The van der Waals surface area contributed by atoms with E-state index in [0.717, 1.165) is 24.5 Å². The first-order valence-corrected chi connectivity index (χ1v) is 8.11. The van der Waals surface area contributed by atoms with Crippen LogP contribution in [0.5, 0.6) is 5.88 Å². The SMILES string of the molecule is COc1cc(C(=O)NCc2cc(C)nc(N3CCOCC3)n2)ccn1. The van der Waals surface area contributed by atoms with Gasteiger partial charge in [0.2, 0.25) is 11.8 Å². The van der Waals surface area contributed by atoms with Crippen LogP contribution >= 0.6 is 0 Å². The van der Waals surface area contributed by atoms with E-state index in [9.17, 15) is 4.79 Å². The Morgan fingerprint density at radius 3 is 2.88 bits per heavy atom. The zero-order valence-electron chi connectivity index (χ0n) is 14.4. The van der Waals surface area contributed by atoms with Crippen LogP contribution < -0.4 is 15.0 Å². The van der Waals surface area contributed by atoms with Gasteiger partial charge in [0.05, 0.1) is 32.6 Å². The van der Waals surface area contributed by atoms with Crippen LogP contribution in [0.2, 0.25) is 0 Å². The molecule has 0 atom stereocenters. The van der Waals surface area contributed by atoms with Crippen molar-refractivity contribution in [3.8, 4) is 5.88 Å². The Bertz CT molecular complexity index is 747. The Hall–Kier alpha value is -2.74. The molecule has 8 heteroatoms. The van der Waals surface area contributed by atoms with Gasteiger partial charge in [-0.25, -0.2) is 15.0 Å². The summed E-state index contributed by atoms with van der Waals surface area (Å²) in [4.78, 5) is 27.4. The van der Waals surface area contributed by atoms with Gasteiger partial charge in [-0.2, -0.15) is 0 Å². The quantitative estimate of drug-likeness (QED) is 0.864. The molecule has 2 aromatic heterocycles. The molecule has 0 aliphatic carbocycles. The molecule has 0 saturated carbocycles. The second kappa shape index (κ2) is 7.89. The highest BCUT2D eigenvalue weighted by atomic mass is 16.5. The van der Waals surface area contributed by atoms with E-state index in [0.29, 0.717) is 37.2 Å². The second-order valence-electron chi connectivity index (χ2n) is 5.67. The number of ether oxygens (including phenoxy) is 2. The predicted octanol–water partition coefficient (Wildman–Crippen LogP) is 0.955. The van der Waals surface area contributed by atoms with Crippen LogP contribution in [-0.2, 0) is 11.3 Å². The number of rotatable bonds is 5. The minimum Gasteiger partial charge on any atom is -0.481 e. The number of carbonyl (C=O) groups is 1. The lowest BCUT2D eigenvalue weighted by molar-refractivity contribution is 0.0950. The van der Waals surface area contributed by atoms with Gasteiger partial charge in [-0.05, 0) is 19.1 Å². The summed E-state index contributed by atoms with van der Waals surface area (Å²) in [6.07, 6.45) is 1.54. The lowest BCUT2D eigenvalue weighted by Gasteiger charge is -2.27. The van der Waals surface area contributed by atoms with Gasteiger partial charge in [0.15, 0.2) is 0 Å². The summed E-state index contributed by atoms with van der Waals surface area (Å²) in [5.74, 6) is 0.878. The van der Waals surface area contributed by atoms with Gasteiger partial charge in [0.1, 0.15) is 0 Å². The van der Waals surface area contributed by atoms with E-state index in [4.69, 9.17) is 9.47 Å². The normalized spacial score (nSPS) is 14.2. The average molecular weight is 343 g/mol. The summed E-state index contributed by atoms with van der Waals surface area (Å²) in [5, 5.41) is 2.87. The molecule has 0 aromatic carbocycles. The third kappa shape index (κ3) is 4.42. The molecule has 2 aromatic rings. The highest BCUT2D eigenvalue weighted by Crippen LogP contribution is 2.13. The smallest absolute Gasteiger partial charge is 0.251 e. The Kier molecular flexibility index (Phi) is 5.39. The largest absolute Gasteiger partial charge is 0.481 e. The van der Waals surface area contributed by atoms with Crippen LogP contribution in [0.4, 0.5) is 5.95 Å². The lowest BCUT2D eigenvalue weighted by Crippen LogP contribution is -2.37. The first-order valence-electron chi connectivity index (χ1n) is 8.11. The molecular weight excluding hydrogens is 322 g/mol. The average Bonchev–Trinajstić information content (AvgIpc) is 2.66. The maximum absolute atomic E-state index is 12.3. The monoisotopic (exact) mass is 343 g/mol. The van der Waals surface area contributed by atoms with Gasteiger partial charge in [0, 0.05) is 36.6 Å². The maximum atomic E-state index is 12.3. The molecule has 132 valence electrons. The number of nitrogens with one attached hydrogen (secondary N) is 1. The fraction of sp³-hybridized carbons (Fsp3) is 0.412. The number of carbonyl (C=O) groups excluding carboxylic acids is 1. The number of hydrogen-bond donors (Lipinski definition) is 1. The number of hydrogen-bond acceptors (Lipinski definition) is 7. The molecule has 3 heterocycles. The van der Waals surface area contributed by atoms with Gasteiger partial charge in [-0.1, -0.05) is 0 Å². The Balaban J connectivity index is 1.67. The highest BCUT2D eigenvalue weighted by molar-refractivity contribution is 5.94. The van der Waals surface area contributed by atoms with Gasteiger partial charge < -0.3 is 19.7 Å². The van der Waals surface area contributed by atoms with E-state index in [1.165, 1.54) is 7.11 Å². The molecule has 1 amide bonds. The predicted molar refractivity (Wildman–Crippen MR) is 91.8 cm³/mol. The van der Waals surface area contributed by atoms with Crippen molar-refractivity contribution in [3.63, 3.8) is 0 Å². The van der Waals surface area contributed by atoms with Gasteiger partial charge in [0.25, 0.3) is 5.91 Å². The van der Waals surface area contributed by atoms with E-state index in [2.05, 4.69) is 25.2 Å². The summed E-state index contributed by atoms with van der Waals surface area (Å²) >= 11 is 0. The molecule has 1 fully saturated rings. The number of morpholine rings is 1. The van der Waals surface area contributed by atoms with E-state index in [1.54, 1.807) is 18.3 Å². The van der Waals surface area contributed by atoms with Crippen LogP contribution in [0.25, 0.3) is 0 Å². The first-order chi connectivity index (χ1) is 12.2. The topological polar surface area (TPSA) is 89.5 Å². The fourth-order valence-electron chi connectivity index (χ4n) is 2.55. The van der Waals surface area contributed by atoms with E-state index in [1.807, 2.05) is 13.0 Å². The van der Waals surface area contributed by atoms with Gasteiger partial charge in [-0.15, -0.1) is 0 Å². The summed E-state index contributed by atoms with van der Waals surface area (Å²) in [6.45, 7) is 5.13. The Morgan fingerprint density at radius 2 is 2.12 bits per heavy atom. The van der Waals surface area contributed by atoms with Crippen molar-refractivity contribution in [1.82, 2.24) is 20.3 Å². The van der Waals surface area contributed by atoms with Crippen LogP contribution in [0.1, 0.15) is 21.7 Å². The van der Waals surface area contributed by atoms with Crippen LogP contribution in [0.3, 0.4) is 0 Å². The molecule has 0 unspecified atom stereocenters. The second-order valence-corrected chi connectivity index (χ2v) is 5.67. The highest BCUT2D eigenvalue weighted by Gasteiger charge is 2.15. The molecule has 0 radical (unpaired) electrons. The number of pyridine rings is 1. The molecule has 1 aliphatic rings. The van der Waals surface area contributed by atoms with Crippen molar-refractivity contribution in [1.29, 1.82) is 0 Å². The van der Waals surface area contributed by atoms with Gasteiger partial charge in [-0.3, -0.25) is 4.79 Å². The molecule has 0 spiro atoms. The number of amides is 1. The lowest BCUT2D eigenvalue weighted by atomic mass is 10.2. The van der Waals surface area contributed by atoms with Crippen molar-refractivity contribution >= 4 is 11.9 Å². The van der Waals surface area contributed by atoms with Crippen molar-refractivity contribution in [3.05, 3.63) is 41.3 Å².